The van der Waals surface area contributed by atoms with E-state index in [0.717, 1.165) is 45.2 Å². The molecule has 3 rings (SSSR count). The predicted octanol–water partition coefficient (Wildman–Crippen LogP) is 0.749. The number of hydrogen-bond donors (Lipinski definition) is 2. The number of carbonyl (C=O) groups is 1. The van der Waals surface area contributed by atoms with Crippen LogP contribution in [0.1, 0.15) is 39.0 Å². The minimum atomic E-state index is -0.544. The summed E-state index contributed by atoms with van der Waals surface area (Å²) in [6.45, 7) is 5.16. The molecule has 2 aliphatic heterocycles. The van der Waals surface area contributed by atoms with Crippen LogP contribution in [0.2, 0.25) is 0 Å². The fraction of sp³-hybridized carbons (Fsp3) is 0.929. The molecule has 3 fully saturated rings. The molecule has 0 unspecified atom stereocenters. The molecule has 1 amide bonds. The smallest absolute Gasteiger partial charge is 0.229 e. The van der Waals surface area contributed by atoms with Gasteiger partial charge in [-0.25, -0.2) is 0 Å². The van der Waals surface area contributed by atoms with Crippen molar-refractivity contribution < 1.29 is 9.90 Å². The van der Waals surface area contributed by atoms with E-state index < -0.39 is 5.60 Å². The van der Waals surface area contributed by atoms with E-state index in [9.17, 15) is 9.90 Å². The van der Waals surface area contributed by atoms with Crippen molar-refractivity contribution in [1.82, 2.24) is 10.2 Å². The summed E-state index contributed by atoms with van der Waals surface area (Å²) in [5, 5.41) is 13.6. The third kappa shape index (κ3) is 1.86. The van der Waals surface area contributed by atoms with Crippen molar-refractivity contribution in [2.24, 2.45) is 11.3 Å². The molecule has 1 saturated carbocycles. The molecule has 4 nitrogen and oxygen atoms in total. The topological polar surface area (TPSA) is 52.6 Å². The van der Waals surface area contributed by atoms with Crippen LogP contribution in [-0.2, 0) is 4.79 Å². The number of carbonyl (C=O) groups excluding carboxylic acids is 1. The molecule has 0 radical (unpaired) electrons. The van der Waals surface area contributed by atoms with E-state index in [1.54, 1.807) is 0 Å². The number of hydrogen-bond acceptors (Lipinski definition) is 3. The maximum absolute atomic E-state index is 12.7. The zero-order valence-corrected chi connectivity index (χ0v) is 11.2. The van der Waals surface area contributed by atoms with E-state index in [-0.39, 0.29) is 11.3 Å². The van der Waals surface area contributed by atoms with Crippen LogP contribution in [0.15, 0.2) is 0 Å². The number of β-amino-alcohol motifs (C(OH)–C–C–N with tert-alkyl or cyclic N) is 1. The van der Waals surface area contributed by atoms with Gasteiger partial charge in [-0.15, -0.1) is 0 Å². The Kier molecular flexibility index (Phi) is 2.90. The number of nitrogens with zero attached hydrogens (tertiary/aromatic N) is 1. The lowest BCUT2D eigenvalue weighted by Gasteiger charge is -2.51. The maximum atomic E-state index is 12.7. The van der Waals surface area contributed by atoms with Crippen LogP contribution < -0.4 is 5.32 Å². The zero-order chi connectivity index (χ0) is 12.8. The van der Waals surface area contributed by atoms with Crippen molar-refractivity contribution in [1.29, 1.82) is 0 Å². The molecule has 18 heavy (non-hydrogen) atoms. The van der Waals surface area contributed by atoms with Crippen LogP contribution in [0.3, 0.4) is 0 Å². The lowest BCUT2D eigenvalue weighted by Crippen LogP contribution is -2.67. The van der Waals surface area contributed by atoms with Gasteiger partial charge in [-0.1, -0.05) is 6.92 Å². The molecule has 3 aliphatic rings. The largest absolute Gasteiger partial charge is 0.386 e. The summed E-state index contributed by atoms with van der Waals surface area (Å²) in [5.41, 5.74) is -0.701. The first-order chi connectivity index (χ1) is 8.60. The van der Waals surface area contributed by atoms with Crippen LogP contribution in [0.25, 0.3) is 0 Å². The summed E-state index contributed by atoms with van der Waals surface area (Å²) in [4.78, 5) is 14.5. The molecule has 0 aromatic rings. The Morgan fingerprint density at radius 2 is 1.94 bits per heavy atom. The van der Waals surface area contributed by atoms with E-state index in [2.05, 4.69) is 12.2 Å². The molecule has 0 aromatic carbocycles. The predicted molar refractivity (Wildman–Crippen MR) is 69.1 cm³/mol. The molecule has 0 bridgehead atoms. The van der Waals surface area contributed by atoms with Gasteiger partial charge in [-0.05, 0) is 51.1 Å². The Balaban J connectivity index is 1.64. The van der Waals surface area contributed by atoms with E-state index in [1.165, 1.54) is 0 Å². The van der Waals surface area contributed by atoms with Crippen LogP contribution in [0, 0.1) is 11.3 Å². The van der Waals surface area contributed by atoms with Gasteiger partial charge in [-0.2, -0.15) is 0 Å². The Labute approximate surface area is 109 Å². The number of aliphatic hydroxyl groups is 1. The average molecular weight is 252 g/mol. The molecular weight excluding hydrogens is 228 g/mol. The van der Waals surface area contributed by atoms with Crippen LogP contribution >= 0.6 is 0 Å². The van der Waals surface area contributed by atoms with Gasteiger partial charge < -0.3 is 15.3 Å². The van der Waals surface area contributed by atoms with Gasteiger partial charge in [0.15, 0.2) is 0 Å². The number of piperidine rings is 1. The second-order valence-corrected chi connectivity index (χ2v) is 6.42. The van der Waals surface area contributed by atoms with Gasteiger partial charge in [0.2, 0.25) is 5.91 Å². The highest BCUT2D eigenvalue weighted by Gasteiger charge is 2.55. The van der Waals surface area contributed by atoms with Gasteiger partial charge >= 0.3 is 0 Å². The summed E-state index contributed by atoms with van der Waals surface area (Å²) >= 11 is 0. The Morgan fingerprint density at radius 1 is 1.33 bits per heavy atom. The summed E-state index contributed by atoms with van der Waals surface area (Å²) in [7, 11) is 0. The zero-order valence-electron chi connectivity index (χ0n) is 11.2. The van der Waals surface area contributed by atoms with Crippen molar-refractivity contribution in [3.63, 3.8) is 0 Å². The average Bonchev–Trinajstić information content (AvgIpc) is 3.19. The number of likely N-dealkylation sites (tertiary alicyclic amines) is 1. The number of nitrogens with one attached hydrogen (secondary N) is 1. The summed E-state index contributed by atoms with van der Waals surface area (Å²) < 4.78 is 0. The highest BCUT2D eigenvalue weighted by atomic mass is 16.3. The van der Waals surface area contributed by atoms with Crippen molar-refractivity contribution in [3.05, 3.63) is 0 Å². The minimum Gasteiger partial charge on any atom is -0.386 e. The van der Waals surface area contributed by atoms with E-state index >= 15 is 0 Å². The van der Waals surface area contributed by atoms with Gasteiger partial charge in [-0.3, -0.25) is 4.79 Å². The maximum Gasteiger partial charge on any atom is 0.229 e. The second-order valence-electron chi connectivity index (χ2n) is 6.42. The summed E-state index contributed by atoms with van der Waals surface area (Å²) in [6.07, 6.45) is 5.09. The molecule has 4 heteroatoms. The molecule has 0 atom stereocenters. The van der Waals surface area contributed by atoms with Crippen LogP contribution in [0.4, 0.5) is 0 Å². The lowest BCUT2D eigenvalue weighted by atomic mass is 9.73. The molecule has 2 N–H and O–H groups in total. The number of rotatable bonds is 3. The first-order valence-electron chi connectivity index (χ1n) is 7.32. The molecule has 2 heterocycles. The van der Waals surface area contributed by atoms with Crippen LogP contribution in [-0.4, -0.2) is 47.7 Å². The minimum absolute atomic E-state index is 0.157. The standard InChI is InChI=1S/C14H24N2O2/c1-2-13(5-7-15-8-6-13)12(17)16-9-14(18,10-16)11-3-4-11/h11,15,18H,2-10H2,1H3. The summed E-state index contributed by atoms with van der Waals surface area (Å²) in [6, 6.07) is 0. The van der Waals surface area contributed by atoms with Crippen molar-refractivity contribution in [2.75, 3.05) is 26.2 Å². The normalized spacial score (nSPS) is 29.8. The first kappa shape index (κ1) is 12.4. The van der Waals surface area contributed by atoms with E-state index in [4.69, 9.17) is 0 Å². The molecule has 0 spiro atoms. The van der Waals surface area contributed by atoms with Crippen molar-refractivity contribution in [2.45, 2.75) is 44.6 Å². The SMILES string of the molecule is CCC1(C(=O)N2CC(O)(C3CC3)C2)CCNCC1. The van der Waals surface area contributed by atoms with Gasteiger partial charge in [0.25, 0.3) is 0 Å². The summed E-state index contributed by atoms with van der Waals surface area (Å²) in [5.74, 6) is 0.754. The monoisotopic (exact) mass is 252 g/mol. The Morgan fingerprint density at radius 3 is 2.44 bits per heavy atom. The lowest BCUT2D eigenvalue weighted by molar-refractivity contribution is -0.171. The Bertz CT molecular complexity index is 340. The highest BCUT2D eigenvalue weighted by Crippen LogP contribution is 2.46. The molecular formula is C14H24N2O2. The third-order valence-electron chi connectivity index (χ3n) is 5.24. The van der Waals surface area contributed by atoms with E-state index in [1.807, 2.05) is 4.90 Å². The fourth-order valence-electron chi connectivity index (χ4n) is 3.60. The van der Waals surface area contributed by atoms with Crippen molar-refractivity contribution in [3.8, 4) is 0 Å². The quantitative estimate of drug-likeness (QED) is 0.779. The van der Waals surface area contributed by atoms with Gasteiger partial charge in [0.05, 0.1) is 18.5 Å². The van der Waals surface area contributed by atoms with Gasteiger partial charge in [0, 0.05) is 0 Å². The Hall–Kier alpha value is -0.610. The van der Waals surface area contributed by atoms with Crippen molar-refractivity contribution >= 4 is 5.91 Å². The first-order valence-corrected chi connectivity index (χ1v) is 7.32. The van der Waals surface area contributed by atoms with Gasteiger partial charge in [0.1, 0.15) is 5.60 Å². The van der Waals surface area contributed by atoms with E-state index in [0.29, 0.717) is 19.0 Å². The molecule has 1 aliphatic carbocycles. The third-order valence-corrected chi connectivity index (χ3v) is 5.24. The molecule has 2 saturated heterocycles. The molecule has 0 aromatic heterocycles. The highest BCUT2D eigenvalue weighted by molar-refractivity contribution is 5.84. The number of amides is 1. The molecule has 102 valence electrons. The second kappa shape index (κ2) is 4.20. The fourth-order valence-corrected chi connectivity index (χ4v) is 3.60. The van der Waals surface area contributed by atoms with Crippen LogP contribution in [0.5, 0.6) is 0 Å².